The Morgan fingerprint density at radius 2 is 1.28 bits per heavy atom. The lowest BCUT2D eigenvalue weighted by Gasteiger charge is -2.43. The number of hydrogen-bond acceptors (Lipinski definition) is 10. The van der Waals surface area contributed by atoms with E-state index in [4.69, 9.17) is 4.74 Å². The Bertz CT molecular complexity index is 2030. The van der Waals surface area contributed by atoms with Crippen molar-refractivity contribution >= 4 is 48.7 Å². The third-order valence-electron chi connectivity index (χ3n) is 9.46. The molecule has 3 aliphatic heterocycles. The minimum atomic E-state index is -4.67. The highest BCUT2D eigenvalue weighted by molar-refractivity contribution is 7.86. The predicted octanol–water partition coefficient (Wildman–Crippen LogP) is 3.99. The molecule has 0 aliphatic carbocycles. The fourth-order valence-corrected chi connectivity index (χ4v) is 8.12. The number of rotatable bonds is 6. The van der Waals surface area contributed by atoms with Crippen LogP contribution in [0.3, 0.4) is 0 Å². The van der Waals surface area contributed by atoms with Crippen molar-refractivity contribution in [1.29, 1.82) is 0 Å². The number of carboxylic acids is 1. The van der Waals surface area contributed by atoms with Gasteiger partial charge in [-0.3, -0.25) is 4.55 Å². The summed E-state index contributed by atoms with van der Waals surface area (Å²) in [6.07, 6.45) is 3.50. The summed E-state index contributed by atoms with van der Waals surface area (Å²) >= 11 is 0. The molecule has 0 saturated carbocycles. The van der Waals surface area contributed by atoms with E-state index in [1.807, 2.05) is 51.6 Å². The van der Waals surface area contributed by atoms with Crippen molar-refractivity contribution in [2.24, 2.45) is 0 Å². The second-order valence-corrected chi connectivity index (χ2v) is 16.3. The molecule has 3 aromatic carbocycles. The van der Waals surface area contributed by atoms with E-state index >= 15 is 0 Å². The van der Waals surface area contributed by atoms with Gasteiger partial charge in [0.15, 0.2) is 0 Å². The Kier molecular flexibility index (Phi) is 7.44. The van der Waals surface area contributed by atoms with E-state index in [0.29, 0.717) is 61.8 Å². The zero-order chi connectivity index (χ0) is 34.4. The van der Waals surface area contributed by atoms with Gasteiger partial charge in [0.25, 0.3) is 10.1 Å². The first-order chi connectivity index (χ1) is 21.7. The van der Waals surface area contributed by atoms with E-state index in [1.54, 1.807) is 54.6 Å². The van der Waals surface area contributed by atoms with Crippen LogP contribution in [0.2, 0.25) is 0 Å². The van der Waals surface area contributed by atoms with Gasteiger partial charge < -0.3 is 29.0 Å². The van der Waals surface area contributed by atoms with Crippen LogP contribution in [0.1, 0.15) is 71.8 Å². The van der Waals surface area contributed by atoms with Crippen molar-refractivity contribution in [3.63, 3.8) is 0 Å². The molecule has 1 unspecified atom stereocenters. The smallest absolute Gasteiger partial charge is 0.269 e. The molecule has 11 nitrogen and oxygen atoms in total. The second-order valence-electron chi connectivity index (χ2n) is 13.4. The molecular weight excluding hydrogens is 645 g/mol. The van der Waals surface area contributed by atoms with Crippen molar-refractivity contribution in [2.75, 3.05) is 35.4 Å². The van der Waals surface area contributed by atoms with Gasteiger partial charge in [-0.05, 0) is 56.5 Å². The van der Waals surface area contributed by atoms with Crippen LogP contribution in [-0.4, -0.2) is 68.6 Å². The zero-order valence-corrected chi connectivity index (χ0v) is 28.3. The predicted molar refractivity (Wildman–Crippen MR) is 177 cm³/mol. The van der Waals surface area contributed by atoms with Gasteiger partial charge in [0.1, 0.15) is 17.3 Å². The molecule has 1 atom stereocenters. The summed E-state index contributed by atoms with van der Waals surface area (Å²) in [6, 6.07) is 13.4. The number of aromatic carboxylic acids is 1. The maximum atomic E-state index is 12.4. The van der Waals surface area contributed by atoms with E-state index in [9.17, 15) is 35.8 Å². The van der Waals surface area contributed by atoms with Gasteiger partial charge in [-0.2, -0.15) is 8.42 Å². The molecule has 47 heavy (non-hydrogen) atoms. The summed E-state index contributed by atoms with van der Waals surface area (Å²) in [5.74, 6) is -2.78. The third kappa shape index (κ3) is 5.81. The number of ether oxygens (including phenoxy) is 1. The van der Waals surface area contributed by atoms with Crippen LogP contribution in [0.25, 0.3) is 11.1 Å². The van der Waals surface area contributed by atoms with Crippen molar-refractivity contribution in [2.45, 2.75) is 44.7 Å². The Balaban J connectivity index is 1.66. The summed E-state index contributed by atoms with van der Waals surface area (Å²) in [6.45, 7) is 7.60. The summed E-state index contributed by atoms with van der Waals surface area (Å²) in [5, 5.41) is 12.4. The summed E-state index contributed by atoms with van der Waals surface area (Å²) in [5.41, 5.74) is 2.99. The van der Waals surface area contributed by atoms with Crippen LogP contribution in [-0.2, 0) is 20.2 Å². The Morgan fingerprint density at radius 1 is 0.809 bits per heavy atom. The van der Waals surface area contributed by atoms with Crippen LogP contribution >= 0.6 is 0 Å². The van der Waals surface area contributed by atoms with E-state index in [-0.39, 0.29) is 5.56 Å². The van der Waals surface area contributed by atoms with Gasteiger partial charge in [-0.1, -0.05) is 36.4 Å². The highest BCUT2D eigenvalue weighted by atomic mass is 32.2. The topological polar surface area (TPSA) is 167 Å². The minimum Gasteiger partial charge on any atom is -0.748 e. The number of carbonyl (C=O) groups excluding carboxylic acids is 1. The summed E-state index contributed by atoms with van der Waals surface area (Å²) < 4.78 is 76.7. The second kappa shape index (κ2) is 10.7. The van der Waals surface area contributed by atoms with Crippen LogP contribution in [0.5, 0.6) is 11.5 Å². The largest absolute Gasteiger partial charge is 0.748 e. The highest BCUT2D eigenvalue weighted by Gasteiger charge is 2.39. The molecule has 6 rings (SSSR count). The molecule has 13 heteroatoms. The SMILES string of the molecule is CN1c2cc3c(cc2C(CS(=O)(=O)[O-])=CC1(C)C)C(c1ccccc1C(=O)[O-])c1cc2c(cc1O3)N(C)C(C)(C)C=C2CS(=O)(=O)O. The van der Waals surface area contributed by atoms with E-state index in [0.717, 1.165) is 0 Å². The first-order valence-electron chi connectivity index (χ1n) is 14.8. The Hall–Kier alpha value is -4.17. The number of hydrogen-bond donors (Lipinski definition) is 1. The van der Waals surface area contributed by atoms with Crippen molar-refractivity contribution in [3.05, 3.63) is 94.1 Å². The fraction of sp³-hybridized carbons (Fsp3) is 0.324. The fourth-order valence-electron chi connectivity index (χ4n) is 6.87. The molecule has 0 bridgehead atoms. The number of nitrogens with zero attached hydrogens (tertiary/aromatic N) is 2. The monoisotopic (exact) mass is 678 g/mol. The molecule has 3 aliphatic rings. The van der Waals surface area contributed by atoms with Gasteiger partial charge >= 0.3 is 0 Å². The Labute approximate surface area is 274 Å². The number of benzene rings is 3. The van der Waals surface area contributed by atoms with Crippen LogP contribution in [0.15, 0.2) is 60.7 Å². The van der Waals surface area contributed by atoms with Gasteiger partial charge in [0, 0.05) is 71.3 Å². The maximum absolute atomic E-state index is 12.4. The highest BCUT2D eigenvalue weighted by Crippen LogP contribution is 2.54. The lowest BCUT2D eigenvalue weighted by atomic mass is 9.77. The van der Waals surface area contributed by atoms with E-state index in [1.165, 1.54) is 6.07 Å². The van der Waals surface area contributed by atoms with Gasteiger partial charge in [0.05, 0.1) is 32.9 Å². The summed E-state index contributed by atoms with van der Waals surface area (Å²) in [4.78, 5) is 16.3. The quantitative estimate of drug-likeness (QED) is 0.293. The molecule has 3 aromatic rings. The average Bonchev–Trinajstić information content (AvgIpc) is 2.94. The average molecular weight is 679 g/mol. The van der Waals surface area contributed by atoms with Crippen molar-refractivity contribution in [3.8, 4) is 11.5 Å². The standard InChI is InChI=1S/C34H36N2O9S2/c1-33(2)15-19(17-46(39,40)41)23-11-25-29(13-27(23)35(33)5)45-30-14-28-24(20(18-47(42,43)44)16-34(3,4)36(28)6)12-26(30)31(25)21-9-7-8-10-22(21)32(37)38/h7-16,31H,17-18H2,1-6H3,(H,37,38)(H,39,40,41)(H,42,43,44)/p-2. The van der Waals surface area contributed by atoms with Crippen molar-refractivity contribution in [1.82, 2.24) is 0 Å². The molecule has 0 aromatic heterocycles. The molecule has 0 fully saturated rings. The molecule has 3 heterocycles. The lowest BCUT2D eigenvalue weighted by molar-refractivity contribution is -0.255. The van der Waals surface area contributed by atoms with E-state index in [2.05, 4.69) is 0 Å². The summed E-state index contributed by atoms with van der Waals surface area (Å²) in [7, 11) is -5.39. The minimum absolute atomic E-state index is 0.0742. The molecule has 0 radical (unpaired) electrons. The van der Waals surface area contributed by atoms with Crippen LogP contribution < -0.4 is 19.6 Å². The molecule has 0 saturated heterocycles. The van der Waals surface area contributed by atoms with Gasteiger partial charge in [-0.25, -0.2) is 8.42 Å². The van der Waals surface area contributed by atoms with Crippen LogP contribution in [0.4, 0.5) is 11.4 Å². The number of likely N-dealkylation sites (N-methyl/N-ethyl adjacent to an activating group) is 2. The molecule has 0 spiro atoms. The molecule has 0 amide bonds. The van der Waals surface area contributed by atoms with Gasteiger partial charge in [0.2, 0.25) is 0 Å². The number of carbonyl (C=O) groups is 1. The number of anilines is 2. The maximum Gasteiger partial charge on any atom is 0.269 e. The number of carboxylic acid groups (broad SMARTS) is 1. The first-order valence-corrected chi connectivity index (χ1v) is 18.0. The van der Waals surface area contributed by atoms with Crippen LogP contribution in [0, 0.1) is 0 Å². The lowest BCUT2D eigenvalue weighted by Crippen LogP contribution is -2.43. The van der Waals surface area contributed by atoms with Crippen molar-refractivity contribution < 1.29 is 40.6 Å². The number of fused-ring (bicyclic) bond motifs is 4. The molecule has 1 N–H and O–H groups in total. The molecular formula is C34H34N2O9S2-2. The third-order valence-corrected chi connectivity index (χ3v) is 10.8. The van der Waals surface area contributed by atoms with E-state index < -0.39 is 54.7 Å². The Morgan fingerprint density at radius 3 is 1.72 bits per heavy atom. The van der Waals surface area contributed by atoms with Gasteiger partial charge in [-0.15, -0.1) is 0 Å². The molecule has 248 valence electrons. The first kappa shape index (κ1) is 32.8. The zero-order valence-electron chi connectivity index (χ0n) is 26.7. The normalized spacial score (nSPS) is 19.4.